The van der Waals surface area contributed by atoms with Crippen molar-refractivity contribution in [2.75, 3.05) is 0 Å². The van der Waals surface area contributed by atoms with Gasteiger partial charge in [-0.1, -0.05) is 97.9 Å². The highest BCUT2D eigenvalue weighted by molar-refractivity contribution is 5.93. The van der Waals surface area contributed by atoms with Gasteiger partial charge in [-0.05, 0) is 80.0 Å². The van der Waals surface area contributed by atoms with E-state index in [0.717, 1.165) is 24.0 Å². The first kappa shape index (κ1) is 26.2. The first-order valence-corrected chi connectivity index (χ1v) is 12.8. The second kappa shape index (κ2) is 13.5. The largest absolute Gasteiger partial charge is 0.507 e. The minimum Gasteiger partial charge on any atom is -0.507 e. The van der Waals surface area contributed by atoms with Crippen molar-refractivity contribution in [1.29, 1.82) is 0 Å². The van der Waals surface area contributed by atoms with E-state index in [9.17, 15) is 9.90 Å². The Labute approximate surface area is 211 Å². The molecule has 1 N–H and O–H groups in total. The molecule has 0 aliphatic rings. The highest BCUT2D eigenvalue weighted by Gasteiger charge is 2.16. The third-order valence-corrected chi connectivity index (χ3v) is 6.78. The van der Waals surface area contributed by atoms with Gasteiger partial charge >= 0.3 is 0 Å². The zero-order chi connectivity index (χ0) is 25.0. The van der Waals surface area contributed by atoms with E-state index in [1.807, 2.05) is 24.3 Å². The SMILES string of the molecule is C/C=C/CCC(CCC(CC)c1ccc(-c2ccc(C(O)=CC(C)=O)cc2)cc1)c1ccccc1. The molecule has 0 spiro atoms. The molecular weight excluding hydrogens is 428 g/mol. The lowest BCUT2D eigenvalue weighted by atomic mass is 9.83. The van der Waals surface area contributed by atoms with Gasteiger partial charge in [-0.25, -0.2) is 0 Å². The van der Waals surface area contributed by atoms with Crippen LogP contribution in [0.4, 0.5) is 0 Å². The molecule has 2 heteroatoms. The first-order chi connectivity index (χ1) is 17.0. The van der Waals surface area contributed by atoms with E-state index in [2.05, 4.69) is 80.6 Å². The second-order valence-corrected chi connectivity index (χ2v) is 9.28. The fraction of sp³-hybridized carbons (Fsp3) is 0.303. The fourth-order valence-electron chi connectivity index (χ4n) is 4.73. The Balaban J connectivity index is 1.68. The first-order valence-electron chi connectivity index (χ1n) is 12.8. The van der Waals surface area contributed by atoms with Gasteiger partial charge < -0.3 is 5.11 Å². The molecule has 3 aromatic rings. The second-order valence-electron chi connectivity index (χ2n) is 9.28. The minimum absolute atomic E-state index is 0.00436. The van der Waals surface area contributed by atoms with Crippen LogP contribution >= 0.6 is 0 Å². The smallest absolute Gasteiger partial charge is 0.156 e. The van der Waals surface area contributed by atoms with E-state index < -0.39 is 0 Å². The molecule has 0 aromatic heterocycles. The van der Waals surface area contributed by atoms with Gasteiger partial charge in [0.2, 0.25) is 0 Å². The topological polar surface area (TPSA) is 37.3 Å². The van der Waals surface area contributed by atoms with Crippen LogP contribution in [0.2, 0.25) is 0 Å². The molecular formula is C33H38O2. The lowest BCUT2D eigenvalue weighted by molar-refractivity contribution is -0.112. The highest BCUT2D eigenvalue weighted by atomic mass is 16.3. The summed E-state index contributed by atoms with van der Waals surface area (Å²) in [5.74, 6) is 0.978. The van der Waals surface area contributed by atoms with E-state index in [4.69, 9.17) is 0 Å². The molecule has 0 saturated carbocycles. The zero-order valence-electron chi connectivity index (χ0n) is 21.3. The van der Waals surface area contributed by atoms with Crippen LogP contribution in [0.3, 0.4) is 0 Å². The van der Waals surface area contributed by atoms with Crippen molar-refractivity contribution in [3.05, 3.63) is 114 Å². The molecule has 0 heterocycles. The quantitative estimate of drug-likeness (QED) is 0.164. The Hall–Kier alpha value is -3.39. The number of carbonyl (C=O) groups is 1. The Morgan fingerprint density at radius 3 is 1.94 bits per heavy atom. The van der Waals surface area contributed by atoms with E-state index in [-0.39, 0.29) is 11.5 Å². The number of rotatable bonds is 12. The summed E-state index contributed by atoms with van der Waals surface area (Å²) < 4.78 is 0. The summed E-state index contributed by atoms with van der Waals surface area (Å²) in [6, 6.07) is 27.6. The van der Waals surface area contributed by atoms with E-state index in [1.165, 1.54) is 43.4 Å². The van der Waals surface area contributed by atoms with Crippen molar-refractivity contribution in [2.45, 2.75) is 64.7 Å². The number of carbonyl (C=O) groups excluding carboxylic acids is 1. The third-order valence-electron chi connectivity index (χ3n) is 6.78. The molecule has 35 heavy (non-hydrogen) atoms. The van der Waals surface area contributed by atoms with Crippen LogP contribution in [0.1, 0.15) is 81.4 Å². The van der Waals surface area contributed by atoms with Gasteiger partial charge in [0.1, 0.15) is 5.76 Å². The summed E-state index contributed by atoms with van der Waals surface area (Å²) in [4.78, 5) is 11.2. The van der Waals surface area contributed by atoms with Crippen molar-refractivity contribution in [3.63, 3.8) is 0 Å². The molecule has 3 rings (SSSR count). The van der Waals surface area contributed by atoms with Crippen LogP contribution in [-0.4, -0.2) is 10.9 Å². The van der Waals surface area contributed by atoms with Crippen molar-refractivity contribution in [3.8, 4) is 11.1 Å². The lowest BCUT2D eigenvalue weighted by Gasteiger charge is -2.21. The Morgan fingerprint density at radius 1 is 0.800 bits per heavy atom. The molecule has 0 aliphatic heterocycles. The van der Waals surface area contributed by atoms with Gasteiger partial charge in [-0.15, -0.1) is 0 Å². The molecule has 2 unspecified atom stereocenters. The van der Waals surface area contributed by atoms with E-state index >= 15 is 0 Å². The molecule has 0 amide bonds. The standard InChI is InChI=1S/C33H38O2/c1-4-6-8-11-28(27-12-9-7-10-13-27)15-14-26(5-2)29-16-18-30(19-17-29)31-20-22-32(23-21-31)33(35)24-25(3)34/h4,6-7,9-10,12-13,16-24,26,28,35H,5,8,11,14-15H2,1-3H3/b6-4+,33-24?. The normalized spacial score (nSPS) is 13.6. The number of aliphatic hydroxyl groups excluding tert-OH is 1. The van der Waals surface area contributed by atoms with Crippen LogP contribution < -0.4 is 0 Å². The minimum atomic E-state index is -0.166. The Morgan fingerprint density at radius 2 is 1.37 bits per heavy atom. The molecule has 2 nitrogen and oxygen atoms in total. The predicted molar refractivity (Wildman–Crippen MR) is 149 cm³/mol. The molecule has 0 fully saturated rings. The van der Waals surface area contributed by atoms with E-state index in [0.29, 0.717) is 17.4 Å². The number of aliphatic hydroxyl groups is 1. The van der Waals surface area contributed by atoms with Gasteiger partial charge in [-0.3, -0.25) is 4.79 Å². The lowest BCUT2D eigenvalue weighted by Crippen LogP contribution is -2.04. The van der Waals surface area contributed by atoms with Crippen LogP contribution in [0.25, 0.3) is 16.9 Å². The fourth-order valence-corrected chi connectivity index (χ4v) is 4.73. The molecule has 0 radical (unpaired) electrons. The van der Waals surface area contributed by atoms with Crippen molar-refractivity contribution in [1.82, 2.24) is 0 Å². The maximum absolute atomic E-state index is 11.2. The molecule has 182 valence electrons. The summed E-state index contributed by atoms with van der Waals surface area (Å²) in [5.41, 5.74) is 5.75. The predicted octanol–water partition coefficient (Wildman–Crippen LogP) is 9.26. The number of allylic oxidation sites excluding steroid dienone is 3. The summed E-state index contributed by atoms with van der Waals surface area (Å²) in [6.45, 7) is 5.81. The van der Waals surface area contributed by atoms with Crippen molar-refractivity contribution < 1.29 is 9.90 Å². The summed E-state index contributed by atoms with van der Waals surface area (Å²) >= 11 is 0. The Kier molecular flexibility index (Phi) is 10.1. The summed E-state index contributed by atoms with van der Waals surface area (Å²) in [6.07, 6.45) is 11.5. The summed E-state index contributed by atoms with van der Waals surface area (Å²) in [5, 5.41) is 10.0. The Bertz CT molecular complexity index is 1110. The highest BCUT2D eigenvalue weighted by Crippen LogP contribution is 2.34. The van der Waals surface area contributed by atoms with Gasteiger partial charge in [0.05, 0.1) is 0 Å². The number of ketones is 1. The maximum atomic E-state index is 11.2. The van der Waals surface area contributed by atoms with Gasteiger partial charge in [0.25, 0.3) is 0 Å². The van der Waals surface area contributed by atoms with Crippen LogP contribution in [0.5, 0.6) is 0 Å². The number of hydrogen-bond donors (Lipinski definition) is 1. The number of hydrogen-bond acceptors (Lipinski definition) is 2. The average molecular weight is 467 g/mol. The van der Waals surface area contributed by atoms with Crippen LogP contribution in [-0.2, 0) is 4.79 Å². The van der Waals surface area contributed by atoms with Gasteiger partial charge in [0, 0.05) is 11.6 Å². The molecule has 0 aliphatic carbocycles. The van der Waals surface area contributed by atoms with Crippen LogP contribution in [0.15, 0.2) is 97.1 Å². The van der Waals surface area contributed by atoms with Crippen LogP contribution in [0, 0.1) is 0 Å². The van der Waals surface area contributed by atoms with Crippen molar-refractivity contribution >= 4 is 11.5 Å². The molecule has 0 saturated heterocycles. The average Bonchev–Trinajstić information content (AvgIpc) is 2.88. The van der Waals surface area contributed by atoms with E-state index in [1.54, 1.807) is 0 Å². The molecule has 2 atom stereocenters. The zero-order valence-corrected chi connectivity index (χ0v) is 21.3. The van der Waals surface area contributed by atoms with Gasteiger partial charge in [0.15, 0.2) is 5.78 Å². The molecule has 0 bridgehead atoms. The summed E-state index contributed by atoms with van der Waals surface area (Å²) in [7, 11) is 0. The third kappa shape index (κ3) is 7.82. The monoisotopic (exact) mass is 466 g/mol. The number of benzene rings is 3. The maximum Gasteiger partial charge on any atom is 0.156 e. The van der Waals surface area contributed by atoms with Crippen molar-refractivity contribution in [2.24, 2.45) is 0 Å². The molecule has 3 aromatic carbocycles. The van der Waals surface area contributed by atoms with Gasteiger partial charge in [-0.2, -0.15) is 0 Å².